The van der Waals surface area contributed by atoms with E-state index in [0.29, 0.717) is 18.5 Å². The van der Waals surface area contributed by atoms with E-state index in [-0.39, 0.29) is 17.3 Å². The van der Waals surface area contributed by atoms with Crippen molar-refractivity contribution in [2.45, 2.75) is 43.0 Å². The number of benzene rings is 1. The molecular formula is C16H21N3O3S. The summed E-state index contributed by atoms with van der Waals surface area (Å²) < 4.78 is 23.2. The Morgan fingerprint density at radius 1 is 1.35 bits per heavy atom. The molecule has 0 radical (unpaired) electrons. The second-order valence-corrected chi connectivity index (χ2v) is 8.07. The van der Waals surface area contributed by atoms with Crippen LogP contribution in [-0.4, -0.2) is 32.7 Å². The third-order valence-corrected chi connectivity index (χ3v) is 5.24. The highest BCUT2D eigenvalue weighted by Gasteiger charge is 2.35. The van der Waals surface area contributed by atoms with Gasteiger partial charge in [-0.1, -0.05) is 6.07 Å². The Hall–Kier alpha value is -2.07. The monoisotopic (exact) mass is 335 g/mol. The molecule has 0 aromatic heterocycles. The van der Waals surface area contributed by atoms with E-state index < -0.39 is 15.4 Å². The number of amides is 1. The van der Waals surface area contributed by atoms with Gasteiger partial charge >= 0.3 is 0 Å². The third kappa shape index (κ3) is 4.23. The first-order valence-electron chi connectivity index (χ1n) is 7.53. The molecule has 1 aliphatic rings. The third-order valence-electron chi connectivity index (χ3n) is 4.13. The summed E-state index contributed by atoms with van der Waals surface area (Å²) in [6.45, 7) is 1.83. The lowest BCUT2D eigenvalue weighted by atomic mass is 10.00. The number of anilines is 1. The Kier molecular flexibility index (Phi) is 4.95. The predicted octanol–water partition coefficient (Wildman–Crippen LogP) is 1.76. The summed E-state index contributed by atoms with van der Waals surface area (Å²) >= 11 is 0. The molecule has 0 unspecified atom stereocenters. The Balaban J connectivity index is 2.03. The van der Waals surface area contributed by atoms with E-state index in [4.69, 9.17) is 0 Å². The molecule has 1 aromatic rings. The quantitative estimate of drug-likeness (QED) is 0.854. The largest absolute Gasteiger partial charge is 0.376 e. The Labute approximate surface area is 136 Å². The maximum absolute atomic E-state index is 12.1. The van der Waals surface area contributed by atoms with Crippen molar-refractivity contribution in [3.63, 3.8) is 0 Å². The standard InChI is InChI=1S/C16H21N3O3S/c1-12-5-6-13(23(2,21)22)9-14(12)18-10-15(20)19-16(11-17)7-3-4-8-16/h5-6,9,18H,3-4,7-8,10H2,1-2H3,(H,19,20). The summed E-state index contributed by atoms with van der Waals surface area (Å²) in [5.41, 5.74) is 0.698. The van der Waals surface area contributed by atoms with Gasteiger partial charge in [-0.25, -0.2) is 8.42 Å². The highest BCUT2D eigenvalue weighted by Crippen LogP contribution is 2.28. The van der Waals surface area contributed by atoms with E-state index in [0.717, 1.165) is 24.7 Å². The SMILES string of the molecule is Cc1ccc(S(C)(=O)=O)cc1NCC(=O)NC1(C#N)CCCC1. The molecule has 1 amide bonds. The van der Waals surface area contributed by atoms with Crippen LogP contribution < -0.4 is 10.6 Å². The van der Waals surface area contributed by atoms with E-state index in [1.54, 1.807) is 12.1 Å². The second kappa shape index (κ2) is 6.59. The Bertz CT molecular complexity index is 744. The summed E-state index contributed by atoms with van der Waals surface area (Å²) in [6.07, 6.45) is 4.38. The lowest BCUT2D eigenvalue weighted by Crippen LogP contribution is -2.47. The van der Waals surface area contributed by atoms with Gasteiger partial charge in [0.1, 0.15) is 5.54 Å². The number of aryl methyl sites for hydroxylation is 1. The van der Waals surface area contributed by atoms with Crippen molar-refractivity contribution in [2.75, 3.05) is 18.1 Å². The summed E-state index contributed by atoms with van der Waals surface area (Å²) in [5.74, 6) is -0.266. The van der Waals surface area contributed by atoms with Gasteiger partial charge < -0.3 is 10.6 Å². The van der Waals surface area contributed by atoms with E-state index in [1.165, 1.54) is 6.07 Å². The normalized spacial score (nSPS) is 16.6. The van der Waals surface area contributed by atoms with Crippen molar-refractivity contribution >= 4 is 21.4 Å². The van der Waals surface area contributed by atoms with Gasteiger partial charge in [-0.3, -0.25) is 4.79 Å². The van der Waals surface area contributed by atoms with Gasteiger partial charge in [0.2, 0.25) is 5.91 Å². The fourth-order valence-corrected chi connectivity index (χ4v) is 3.40. The molecule has 1 saturated carbocycles. The van der Waals surface area contributed by atoms with Crippen molar-refractivity contribution < 1.29 is 13.2 Å². The lowest BCUT2D eigenvalue weighted by Gasteiger charge is -2.22. The zero-order chi connectivity index (χ0) is 17.1. The average Bonchev–Trinajstić information content (AvgIpc) is 2.94. The number of carbonyl (C=O) groups excluding carboxylic acids is 1. The number of sulfone groups is 1. The number of hydrogen-bond acceptors (Lipinski definition) is 5. The van der Waals surface area contributed by atoms with Crippen LogP contribution in [-0.2, 0) is 14.6 Å². The minimum atomic E-state index is -3.30. The van der Waals surface area contributed by atoms with E-state index >= 15 is 0 Å². The first-order valence-corrected chi connectivity index (χ1v) is 9.42. The van der Waals surface area contributed by atoms with Gasteiger partial charge in [0.05, 0.1) is 17.5 Å². The molecule has 2 rings (SSSR count). The Morgan fingerprint density at radius 3 is 2.57 bits per heavy atom. The molecule has 0 spiro atoms. The maximum Gasteiger partial charge on any atom is 0.240 e. The lowest BCUT2D eigenvalue weighted by molar-refractivity contribution is -0.120. The van der Waals surface area contributed by atoms with Crippen molar-refractivity contribution in [1.29, 1.82) is 5.26 Å². The molecule has 2 N–H and O–H groups in total. The molecule has 0 saturated heterocycles. The molecule has 0 bridgehead atoms. The molecule has 0 heterocycles. The number of hydrogen-bond donors (Lipinski definition) is 2. The maximum atomic E-state index is 12.1. The molecule has 1 aliphatic carbocycles. The zero-order valence-corrected chi connectivity index (χ0v) is 14.2. The second-order valence-electron chi connectivity index (χ2n) is 6.05. The molecule has 0 aliphatic heterocycles. The molecule has 23 heavy (non-hydrogen) atoms. The minimum Gasteiger partial charge on any atom is -0.376 e. The van der Waals surface area contributed by atoms with E-state index in [1.807, 2.05) is 6.92 Å². The van der Waals surface area contributed by atoms with Crippen molar-refractivity contribution in [1.82, 2.24) is 5.32 Å². The number of nitrogens with one attached hydrogen (secondary N) is 2. The summed E-state index contributed by atoms with van der Waals surface area (Å²) in [7, 11) is -3.30. The van der Waals surface area contributed by atoms with Crippen LogP contribution in [0.15, 0.2) is 23.1 Å². The van der Waals surface area contributed by atoms with Gasteiger partial charge in [-0.15, -0.1) is 0 Å². The summed E-state index contributed by atoms with van der Waals surface area (Å²) in [4.78, 5) is 12.3. The van der Waals surface area contributed by atoms with Crippen LogP contribution >= 0.6 is 0 Å². The van der Waals surface area contributed by atoms with Gasteiger partial charge in [0.15, 0.2) is 9.84 Å². The van der Waals surface area contributed by atoms with Crippen molar-refractivity contribution in [3.05, 3.63) is 23.8 Å². The van der Waals surface area contributed by atoms with Gasteiger partial charge in [0.25, 0.3) is 0 Å². The topological polar surface area (TPSA) is 99.1 Å². The zero-order valence-electron chi connectivity index (χ0n) is 13.3. The number of carbonyl (C=O) groups is 1. The summed E-state index contributed by atoms with van der Waals surface area (Å²) in [6, 6.07) is 6.97. The van der Waals surface area contributed by atoms with Crippen LogP contribution in [0.3, 0.4) is 0 Å². The molecule has 1 aromatic carbocycles. The van der Waals surface area contributed by atoms with Crippen LogP contribution in [0.4, 0.5) is 5.69 Å². The Morgan fingerprint density at radius 2 is 2.00 bits per heavy atom. The van der Waals surface area contributed by atoms with Crippen LogP contribution in [0.2, 0.25) is 0 Å². The van der Waals surface area contributed by atoms with Crippen LogP contribution in [0.1, 0.15) is 31.2 Å². The molecule has 6 nitrogen and oxygen atoms in total. The highest BCUT2D eigenvalue weighted by molar-refractivity contribution is 7.90. The fraction of sp³-hybridized carbons (Fsp3) is 0.500. The molecule has 1 fully saturated rings. The van der Waals surface area contributed by atoms with Crippen molar-refractivity contribution in [2.24, 2.45) is 0 Å². The first-order chi connectivity index (χ1) is 10.8. The predicted molar refractivity (Wildman–Crippen MR) is 87.7 cm³/mol. The molecule has 7 heteroatoms. The minimum absolute atomic E-state index is 0.00249. The number of rotatable bonds is 5. The molecule has 0 atom stereocenters. The van der Waals surface area contributed by atoms with Gasteiger partial charge in [0, 0.05) is 11.9 Å². The van der Waals surface area contributed by atoms with Crippen LogP contribution in [0.5, 0.6) is 0 Å². The van der Waals surface area contributed by atoms with Crippen LogP contribution in [0, 0.1) is 18.3 Å². The van der Waals surface area contributed by atoms with Gasteiger partial charge in [-0.05, 0) is 50.3 Å². The number of nitrogens with zero attached hydrogens (tertiary/aromatic N) is 1. The van der Waals surface area contributed by atoms with Crippen LogP contribution in [0.25, 0.3) is 0 Å². The van der Waals surface area contributed by atoms with E-state index in [9.17, 15) is 18.5 Å². The number of nitriles is 1. The van der Waals surface area contributed by atoms with E-state index in [2.05, 4.69) is 16.7 Å². The summed E-state index contributed by atoms with van der Waals surface area (Å²) in [5, 5.41) is 15.0. The molecular weight excluding hydrogens is 314 g/mol. The van der Waals surface area contributed by atoms with Gasteiger partial charge in [-0.2, -0.15) is 5.26 Å². The first kappa shape index (κ1) is 17.3. The molecule has 124 valence electrons. The smallest absolute Gasteiger partial charge is 0.240 e. The fourth-order valence-electron chi connectivity index (χ4n) is 2.75. The highest BCUT2D eigenvalue weighted by atomic mass is 32.2. The van der Waals surface area contributed by atoms with Crippen molar-refractivity contribution in [3.8, 4) is 6.07 Å². The average molecular weight is 335 g/mol.